The molecule has 0 saturated heterocycles. The van der Waals surface area contributed by atoms with E-state index in [9.17, 15) is 9.59 Å². The molecule has 0 fully saturated rings. The molecule has 0 aliphatic carbocycles. The third-order valence-corrected chi connectivity index (χ3v) is 2.25. The molecule has 1 aromatic heterocycles. The second-order valence-corrected chi connectivity index (χ2v) is 3.64. The van der Waals surface area contributed by atoms with Gasteiger partial charge in [0.1, 0.15) is 6.61 Å². The minimum Gasteiger partial charge on any atom is -0.408 e. The van der Waals surface area contributed by atoms with Crippen molar-refractivity contribution in [2.45, 2.75) is 6.61 Å². The maximum Gasteiger partial charge on any atom is 0.417 e. The summed E-state index contributed by atoms with van der Waals surface area (Å²) in [6, 6.07) is 5.20. The zero-order chi connectivity index (χ0) is 13.0. The Morgan fingerprint density at radius 2 is 2.33 bits per heavy atom. The number of carbonyl (C=O) groups excluding carboxylic acids is 1. The Hall–Kier alpha value is -2.12. The molecule has 2 rings (SSSR count). The van der Waals surface area contributed by atoms with Crippen molar-refractivity contribution in [1.29, 1.82) is 0 Å². The predicted molar refractivity (Wildman–Crippen MR) is 63.7 cm³/mol. The van der Waals surface area contributed by atoms with Gasteiger partial charge in [-0.3, -0.25) is 15.2 Å². The van der Waals surface area contributed by atoms with Crippen molar-refractivity contribution in [3.63, 3.8) is 0 Å². The van der Waals surface area contributed by atoms with E-state index in [0.717, 1.165) is 5.56 Å². The second kappa shape index (κ2) is 5.48. The van der Waals surface area contributed by atoms with Gasteiger partial charge in [0, 0.05) is 7.05 Å². The topological polar surface area (TPSA) is 96.4 Å². The van der Waals surface area contributed by atoms with Gasteiger partial charge >= 0.3 is 5.76 Å². The Balaban J connectivity index is 1.95. The van der Waals surface area contributed by atoms with Crippen LogP contribution in [0.5, 0.6) is 0 Å². The second-order valence-electron chi connectivity index (χ2n) is 3.64. The number of nitrogens with one attached hydrogen (secondary N) is 3. The fraction of sp³-hybridized carbons (Fsp3) is 0.273. The summed E-state index contributed by atoms with van der Waals surface area (Å²) < 4.78 is 10.1. The number of aromatic nitrogens is 1. The lowest BCUT2D eigenvalue weighted by Gasteiger charge is -2.04. The number of hydrogen-bond acceptors (Lipinski definition) is 5. The monoisotopic (exact) mass is 251 g/mol. The van der Waals surface area contributed by atoms with Crippen molar-refractivity contribution in [3.05, 3.63) is 34.3 Å². The number of oxazole rings is 1. The Bertz CT molecular complexity index is 602. The molecule has 1 aromatic carbocycles. The number of amides is 1. The summed E-state index contributed by atoms with van der Waals surface area (Å²) in [5.41, 5.74) is 6.85. The minimum atomic E-state index is -0.489. The Morgan fingerprint density at radius 3 is 3.11 bits per heavy atom. The number of benzene rings is 1. The largest absolute Gasteiger partial charge is 0.417 e. The smallest absolute Gasteiger partial charge is 0.408 e. The van der Waals surface area contributed by atoms with Crippen LogP contribution in [0.2, 0.25) is 0 Å². The first-order valence-corrected chi connectivity index (χ1v) is 5.34. The van der Waals surface area contributed by atoms with Crippen molar-refractivity contribution in [3.8, 4) is 0 Å². The number of H-pyrrole nitrogens is 1. The standard InChI is InChI=1S/C11H13N3O4/c1-12-14-10(15)6-17-5-7-2-3-9-8(4-7)13-11(16)18-9/h2-4,12H,5-6H2,1H3,(H,13,16)(H,14,15). The van der Waals surface area contributed by atoms with Gasteiger partial charge in [0.15, 0.2) is 5.58 Å². The van der Waals surface area contributed by atoms with Crippen LogP contribution in [-0.2, 0) is 16.1 Å². The molecule has 0 aliphatic heterocycles. The van der Waals surface area contributed by atoms with Crippen LogP contribution in [0.3, 0.4) is 0 Å². The first-order valence-electron chi connectivity index (χ1n) is 5.34. The number of ether oxygens (including phenoxy) is 1. The van der Waals surface area contributed by atoms with Gasteiger partial charge in [-0.1, -0.05) is 6.07 Å². The SMILES string of the molecule is CNNC(=O)COCc1ccc2oc(=O)[nH]c2c1. The Morgan fingerprint density at radius 1 is 1.50 bits per heavy atom. The lowest BCUT2D eigenvalue weighted by atomic mass is 10.2. The summed E-state index contributed by atoms with van der Waals surface area (Å²) in [5.74, 6) is -0.744. The molecular formula is C11H13N3O4. The molecule has 0 bridgehead atoms. The van der Waals surface area contributed by atoms with E-state index < -0.39 is 5.76 Å². The summed E-state index contributed by atoms with van der Waals surface area (Å²) >= 11 is 0. The number of hydrogen-bond donors (Lipinski definition) is 3. The maximum absolute atomic E-state index is 11.1. The quantitative estimate of drug-likeness (QED) is 0.644. The van der Waals surface area contributed by atoms with Crippen LogP contribution < -0.4 is 16.6 Å². The molecule has 2 aromatic rings. The fourth-order valence-corrected chi connectivity index (χ4v) is 1.53. The number of aromatic amines is 1. The number of carbonyl (C=O) groups is 1. The van der Waals surface area contributed by atoms with E-state index in [-0.39, 0.29) is 19.1 Å². The molecule has 0 aliphatic rings. The van der Waals surface area contributed by atoms with Crippen LogP contribution in [0, 0.1) is 0 Å². The van der Waals surface area contributed by atoms with Crippen molar-refractivity contribution in [1.82, 2.24) is 15.8 Å². The highest BCUT2D eigenvalue weighted by atomic mass is 16.5. The van der Waals surface area contributed by atoms with E-state index in [4.69, 9.17) is 9.15 Å². The van der Waals surface area contributed by atoms with E-state index in [1.807, 2.05) is 0 Å². The van der Waals surface area contributed by atoms with Gasteiger partial charge in [0.2, 0.25) is 0 Å². The molecule has 0 atom stereocenters. The summed E-state index contributed by atoms with van der Waals surface area (Å²) in [7, 11) is 1.60. The highest BCUT2D eigenvalue weighted by molar-refractivity contribution is 5.76. The molecule has 1 amide bonds. The van der Waals surface area contributed by atoms with Crippen LogP contribution in [0.1, 0.15) is 5.56 Å². The van der Waals surface area contributed by atoms with Gasteiger partial charge in [0.25, 0.3) is 5.91 Å². The molecule has 0 saturated carbocycles. The molecule has 7 heteroatoms. The lowest BCUT2D eigenvalue weighted by Crippen LogP contribution is -2.36. The first kappa shape index (κ1) is 12.3. The Kier molecular flexibility index (Phi) is 3.75. The van der Waals surface area contributed by atoms with Gasteiger partial charge < -0.3 is 9.15 Å². The molecular weight excluding hydrogens is 238 g/mol. The van der Waals surface area contributed by atoms with E-state index in [0.29, 0.717) is 11.1 Å². The number of rotatable bonds is 5. The van der Waals surface area contributed by atoms with Crippen molar-refractivity contribution in [2.75, 3.05) is 13.7 Å². The number of fused-ring (bicyclic) bond motifs is 1. The highest BCUT2D eigenvalue weighted by Crippen LogP contribution is 2.12. The van der Waals surface area contributed by atoms with E-state index in [1.54, 1.807) is 25.2 Å². The van der Waals surface area contributed by atoms with E-state index in [2.05, 4.69) is 15.8 Å². The van der Waals surface area contributed by atoms with Gasteiger partial charge in [-0.05, 0) is 17.7 Å². The lowest BCUT2D eigenvalue weighted by molar-refractivity contribution is -0.126. The van der Waals surface area contributed by atoms with Crippen molar-refractivity contribution in [2.24, 2.45) is 0 Å². The van der Waals surface area contributed by atoms with Crippen LogP contribution in [0.25, 0.3) is 11.1 Å². The molecule has 0 radical (unpaired) electrons. The molecule has 96 valence electrons. The fourth-order valence-electron chi connectivity index (χ4n) is 1.53. The van der Waals surface area contributed by atoms with Crippen molar-refractivity contribution >= 4 is 17.0 Å². The van der Waals surface area contributed by atoms with Gasteiger partial charge in [-0.2, -0.15) is 0 Å². The summed E-state index contributed by atoms with van der Waals surface area (Å²) in [4.78, 5) is 24.6. The minimum absolute atomic E-state index is 0.0409. The molecule has 7 nitrogen and oxygen atoms in total. The molecule has 0 unspecified atom stereocenters. The van der Waals surface area contributed by atoms with Crippen molar-refractivity contribution < 1.29 is 13.9 Å². The predicted octanol–water partition coefficient (Wildman–Crippen LogP) is -0.112. The zero-order valence-corrected chi connectivity index (χ0v) is 9.78. The summed E-state index contributed by atoms with van der Waals surface area (Å²) in [5, 5.41) is 0. The van der Waals surface area contributed by atoms with Gasteiger partial charge in [-0.25, -0.2) is 10.2 Å². The van der Waals surface area contributed by atoms with Crippen LogP contribution in [-0.4, -0.2) is 24.5 Å². The summed E-state index contributed by atoms with van der Waals surface area (Å²) in [6.45, 7) is 0.237. The van der Waals surface area contributed by atoms with Gasteiger partial charge in [0.05, 0.1) is 12.1 Å². The third-order valence-electron chi connectivity index (χ3n) is 2.25. The molecule has 3 N–H and O–H groups in total. The summed E-state index contributed by atoms with van der Waals surface area (Å²) in [6.07, 6.45) is 0. The normalized spacial score (nSPS) is 10.7. The van der Waals surface area contributed by atoms with E-state index in [1.165, 1.54) is 0 Å². The highest BCUT2D eigenvalue weighted by Gasteiger charge is 2.03. The zero-order valence-electron chi connectivity index (χ0n) is 9.78. The average molecular weight is 251 g/mol. The molecule has 0 spiro atoms. The first-order chi connectivity index (χ1) is 8.69. The average Bonchev–Trinajstić information content (AvgIpc) is 2.69. The van der Waals surface area contributed by atoms with E-state index >= 15 is 0 Å². The van der Waals surface area contributed by atoms with Crippen LogP contribution in [0.4, 0.5) is 0 Å². The third kappa shape index (κ3) is 2.96. The molecule has 18 heavy (non-hydrogen) atoms. The number of hydrazine groups is 1. The van der Waals surface area contributed by atoms with Crippen LogP contribution >= 0.6 is 0 Å². The molecule has 1 heterocycles. The van der Waals surface area contributed by atoms with Crippen LogP contribution in [0.15, 0.2) is 27.4 Å². The Labute approximate surface area is 102 Å². The maximum atomic E-state index is 11.1. The van der Waals surface area contributed by atoms with Gasteiger partial charge in [-0.15, -0.1) is 0 Å².